The molecule has 2 aromatic rings. The minimum atomic E-state index is -0.774. The Balaban J connectivity index is 1.79. The van der Waals surface area contributed by atoms with Gasteiger partial charge < -0.3 is 10.1 Å². The summed E-state index contributed by atoms with van der Waals surface area (Å²) in [4.78, 5) is 19.9. The maximum Gasteiger partial charge on any atom is 0.260 e. The molecule has 1 heterocycles. The van der Waals surface area contributed by atoms with Crippen molar-refractivity contribution in [3.63, 3.8) is 0 Å². The van der Waals surface area contributed by atoms with Crippen molar-refractivity contribution in [2.45, 2.75) is 19.4 Å². The predicted octanol–water partition coefficient (Wildman–Crippen LogP) is 1.74. The third-order valence-electron chi connectivity index (χ3n) is 2.81. The zero-order chi connectivity index (χ0) is 15.1. The van der Waals surface area contributed by atoms with Crippen LogP contribution in [-0.4, -0.2) is 28.5 Å². The van der Waals surface area contributed by atoms with Crippen LogP contribution in [0.1, 0.15) is 12.6 Å². The number of nitrogens with one attached hydrogen (secondary N) is 1. The Morgan fingerprint density at radius 2 is 2.19 bits per heavy atom. The highest BCUT2D eigenvalue weighted by Crippen LogP contribution is 2.16. The van der Waals surface area contributed by atoms with Crippen LogP contribution in [0.2, 0.25) is 0 Å². The number of halogens is 1. The number of ether oxygens (including phenoxy) is 1. The highest BCUT2D eigenvalue weighted by molar-refractivity contribution is 5.80. The molecule has 5 nitrogen and oxygen atoms in total. The van der Waals surface area contributed by atoms with Gasteiger partial charge in [0.25, 0.3) is 5.91 Å². The Morgan fingerprint density at radius 1 is 1.38 bits per heavy atom. The van der Waals surface area contributed by atoms with Gasteiger partial charge in [-0.05, 0) is 19.1 Å². The van der Waals surface area contributed by atoms with Gasteiger partial charge in [0.05, 0.1) is 5.69 Å². The van der Waals surface area contributed by atoms with Crippen molar-refractivity contribution in [3.8, 4) is 5.75 Å². The molecule has 21 heavy (non-hydrogen) atoms. The second kappa shape index (κ2) is 7.33. The Kier molecular flexibility index (Phi) is 5.20. The van der Waals surface area contributed by atoms with Gasteiger partial charge in [-0.3, -0.25) is 14.8 Å². The molecule has 0 aliphatic rings. The van der Waals surface area contributed by atoms with Crippen LogP contribution in [0.5, 0.6) is 5.75 Å². The molecule has 0 saturated carbocycles. The molecule has 1 amide bonds. The number of amides is 1. The van der Waals surface area contributed by atoms with E-state index in [2.05, 4.69) is 15.3 Å². The van der Waals surface area contributed by atoms with E-state index in [1.807, 2.05) is 0 Å². The lowest BCUT2D eigenvalue weighted by Gasteiger charge is -2.15. The largest absolute Gasteiger partial charge is 0.478 e. The fraction of sp³-hybridized carbons (Fsp3) is 0.267. The molecule has 1 aromatic heterocycles. The quantitative estimate of drug-likeness (QED) is 0.880. The molecule has 1 N–H and O–H groups in total. The van der Waals surface area contributed by atoms with Gasteiger partial charge in [-0.15, -0.1) is 0 Å². The van der Waals surface area contributed by atoms with Crippen LogP contribution in [0, 0.1) is 5.82 Å². The van der Waals surface area contributed by atoms with E-state index < -0.39 is 11.9 Å². The summed E-state index contributed by atoms with van der Waals surface area (Å²) in [6, 6.07) is 5.98. The van der Waals surface area contributed by atoms with Crippen LogP contribution in [-0.2, 0) is 11.2 Å². The number of aromatic nitrogens is 2. The van der Waals surface area contributed by atoms with Gasteiger partial charge in [-0.2, -0.15) is 0 Å². The van der Waals surface area contributed by atoms with E-state index in [4.69, 9.17) is 4.74 Å². The normalized spacial score (nSPS) is 11.7. The summed E-state index contributed by atoms with van der Waals surface area (Å²) in [5, 5.41) is 2.72. The number of hydrogen-bond donors (Lipinski definition) is 1. The van der Waals surface area contributed by atoms with E-state index in [-0.39, 0.29) is 11.7 Å². The third-order valence-corrected chi connectivity index (χ3v) is 2.81. The Labute approximate surface area is 122 Å². The van der Waals surface area contributed by atoms with E-state index >= 15 is 0 Å². The van der Waals surface area contributed by atoms with Crippen LogP contribution < -0.4 is 10.1 Å². The lowest BCUT2D eigenvalue weighted by Crippen LogP contribution is -2.37. The van der Waals surface area contributed by atoms with E-state index in [9.17, 15) is 9.18 Å². The molecular weight excluding hydrogens is 273 g/mol. The summed E-state index contributed by atoms with van der Waals surface area (Å²) >= 11 is 0. The lowest BCUT2D eigenvalue weighted by molar-refractivity contribution is -0.127. The Morgan fingerprint density at radius 3 is 2.90 bits per heavy atom. The standard InChI is InChI=1S/C15H16FN3O2/c1-11(21-14-5-3-2-4-13(14)16)15(20)19-7-6-12-10-17-8-9-18-12/h2-5,8-11H,6-7H2,1H3,(H,19,20). The summed E-state index contributed by atoms with van der Waals surface area (Å²) in [6.07, 6.45) is 4.63. The van der Waals surface area contributed by atoms with Crippen molar-refractivity contribution >= 4 is 5.91 Å². The van der Waals surface area contributed by atoms with Gasteiger partial charge in [0.1, 0.15) is 0 Å². The molecule has 0 saturated heterocycles. The second-order valence-corrected chi connectivity index (χ2v) is 4.43. The second-order valence-electron chi connectivity index (χ2n) is 4.43. The molecule has 0 aliphatic carbocycles. The molecule has 6 heteroatoms. The molecule has 0 spiro atoms. The highest BCUT2D eigenvalue weighted by Gasteiger charge is 2.15. The smallest absolute Gasteiger partial charge is 0.260 e. The van der Waals surface area contributed by atoms with E-state index in [0.29, 0.717) is 13.0 Å². The lowest BCUT2D eigenvalue weighted by atomic mass is 10.3. The fourth-order valence-electron chi connectivity index (χ4n) is 1.70. The molecular formula is C15H16FN3O2. The number of hydrogen-bond acceptors (Lipinski definition) is 4. The summed E-state index contributed by atoms with van der Waals surface area (Å²) in [7, 11) is 0. The summed E-state index contributed by atoms with van der Waals surface area (Å²) in [5.74, 6) is -0.729. The molecule has 0 fully saturated rings. The topological polar surface area (TPSA) is 64.1 Å². The van der Waals surface area contributed by atoms with Gasteiger partial charge >= 0.3 is 0 Å². The number of carbonyl (C=O) groups excluding carboxylic acids is 1. The first-order valence-electron chi connectivity index (χ1n) is 6.60. The van der Waals surface area contributed by atoms with Crippen molar-refractivity contribution in [2.24, 2.45) is 0 Å². The maximum absolute atomic E-state index is 13.4. The number of carbonyl (C=O) groups is 1. The average molecular weight is 289 g/mol. The Hall–Kier alpha value is -2.50. The van der Waals surface area contributed by atoms with Gasteiger partial charge in [0.15, 0.2) is 17.7 Å². The van der Waals surface area contributed by atoms with E-state index in [0.717, 1.165) is 5.69 Å². The fourth-order valence-corrected chi connectivity index (χ4v) is 1.70. The maximum atomic E-state index is 13.4. The molecule has 1 atom stereocenters. The molecule has 0 radical (unpaired) electrons. The van der Waals surface area contributed by atoms with Crippen molar-refractivity contribution < 1.29 is 13.9 Å². The van der Waals surface area contributed by atoms with Crippen LogP contribution >= 0.6 is 0 Å². The summed E-state index contributed by atoms with van der Waals surface area (Å²) < 4.78 is 18.7. The van der Waals surface area contributed by atoms with E-state index in [1.54, 1.807) is 37.6 Å². The number of benzene rings is 1. The molecule has 2 rings (SSSR count). The monoisotopic (exact) mass is 289 g/mol. The minimum absolute atomic E-state index is 0.0640. The van der Waals surface area contributed by atoms with Crippen LogP contribution in [0.25, 0.3) is 0 Å². The van der Waals surface area contributed by atoms with E-state index in [1.165, 1.54) is 12.1 Å². The van der Waals surface area contributed by atoms with Crippen LogP contribution in [0.4, 0.5) is 4.39 Å². The van der Waals surface area contributed by atoms with Crippen molar-refractivity contribution in [2.75, 3.05) is 6.54 Å². The zero-order valence-electron chi connectivity index (χ0n) is 11.6. The highest BCUT2D eigenvalue weighted by atomic mass is 19.1. The number of rotatable bonds is 6. The summed E-state index contributed by atoms with van der Waals surface area (Å²) in [5.41, 5.74) is 0.792. The van der Waals surface area contributed by atoms with Gasteiger partial charge in [-0.1, -0.05) is 12.1 Å². The average Bonchev–Trinajstić information content (AvgIpc) is 2.50. The van der Waals surface area contributed by atoms with Gasteiger partial charge in [-0.25, -0.2) is 4.39 Å². The zero-order valence-corrected chi connectivity index (χ0v) is 11.6. The van der Waals surface area contributed by atoms with Crippen molar-refractivity contribution in [1.29, 1.82) is 0 Å². The predicted molar refractivity (Wildman–Crippen MR) is 75.2 cm³/mol. The van der Waals surface area contributed by atoms with Gasteiger partial charge in [0, 0.05) is 31.6 Å². The first-order chi connectivity index (χ1) is 10.2. The van der Waals surface area contributed by atoms with Crippen LogP contribution in [0.3, 0.4) is 0 Å². The third kappa shape index (κ3) is 4.52. The molecule has 0 bridgehead atoms. The van der Waals surface area contributed by atoms with Gasteiger partial charge in [0.2, 0.25) is 0 Å². The molecule has 110 valence electrons. The SMILES string of the molecule is CC(Oc1ccccc1F)C(=O)NCCc1cnccn1. The number of nitrogens with zero attached hydrogens (tertiary/aromatic N) is 2. The van der Waals surface area contributed by atoms with Crippen molar-refractivity contribution in [3.05, 3.63) is 54.4 Å². The van der Waals surface area contributed by atoms with Crippen LogP contribution in [0.15, 0.2) is 42.9 Å². The summed E-state index contributed by atoms with van der Waals surface area (Å²) in [6.45, 7) is 1.99. The molecule has 1 aromatic carbocycles. The first kappa shape index (κ1) is 14.9. The number of para-hydroxylation sites is 1. The molecule has 0 aliphatic heterocycles. The first-order valence-corrected chi connectivity index (χ1v) is 6.60. The Bertz CT molecular complexity index is 592. The van der Waals surface area contributed by atoms with Crippen molar-refractivity contribution in [1.82, 2.24) is 15.3 Å². The minimum Gasteiger partial charge on any atom is -0.478 e. The molecule has 1 unspecified atom stereocenters.